The summed E-state index contributed by atoms with van der Waals surface area (Å²) in [4.78, 5) is 14.5. The lowest BCUT2D eigenvalue weighted by atomic mass is 10.2. The Morgan fingerprint density at radius 1 is 0.969 bits per heavy atom. The molecule has 2 heterocycles. The van der Waals surface area contributed by atoms with E-state index >= 15 is 0 Å². The molecule has 8 nitrogen and oxygen atoms in total. The molecule has 1 aromatic heterocycles. The Morgan fingerprint density at radius 2 is 1.66 bits per heavy atom. The standard InChI is InChI=1S/C22H24N4O4S2/c27-20(26-14-6-1-2-7-15-26)16-31-22-24-23-21(30-22)17-10-12-18(13-11-17)25-32(28,29)19-8-4-3-5-9-19/h3-5,8-13,25H,1-2,6-7,14-16H2. The Kier molecular flexibility index (Phi) is 7.11. The van der Waals surface area contributed by atoms with E-state index in [-0.39, 0.29) is 16.6 Å². The number of aromatic nitrogens is 2. The summed E-state index contributed by atoms with van der Waals surface area (Å²) in [6.45, 7) is 1.63. The van der Waals surface area contributed by atoms with Crippen molar-refractivity contribution in [1.29, 1.82) is 0 Å². The average molecular weight is 473 g/mol. The molecule has 1 N–H and O–H groups in total. The lowest BCUT2D eigenvalue weighted by Crippen LogP contribution is -2.33. The highest BCUT2D eigenvalue weighted by Gasteiger charge is 2.18. The molecular formula is C22H24N4O4S2. The second-order valence-electron chi connectivity index (χ2n) is 7.45. The highest BCUT2D eigenvalue weighted by atomic mass is 32.2. The SMILES string of the molecule is O=C(CSc1nnc(-c2ccc(NS(=O)(=O)c3ccccc3)cc2)o1)N1CCCCCC1. The monoisotopic (exact) mass is 472 g/mol. The van der Waals surface area contributed by atoms with Crippen LogP contribution in [0.3, 0.4) is 0 Å². The maximum atomic E-state index is 12.4. The van der Waals surface area contributed by atoms with Crippen LogP contribution in [0.25, 0.3) is 11.5 Å². The molecule has 168 valence electrons. The Bertz CT molecular complexity index is 1140. The molecule has 10 heteroatoms. The summed E-state index contributed by atoms with van der Waals surface area (Å²) in [5, 5.41) is 8.39. The number of nitrogens with zero attached hydrogens (tertiary/aromatic N) is 3. The third-order valence-electron chi connectivity index (χ3n) is 5.12. The van der Waals surface area contributed by atoms with Gasteiger partial charge >= 0.3 is 0 Å². The van der Waals surface area contributed by atoms with Gasteiger partial charge in [-0.05, 0) is 49.2 Å². The third kappa shape index (κ3) is 5.68. The number of anilines is 1. The molecule has 1 aliphatic heterocycles. The van der Waals surface area contributed by atoms with Crippen LogP contribution in [0.15, 0.2) is 69.1 Å². The zero-order valence-corrected chi connectivity index (χ0v) is 19.1. The molecule has 0 radical (unpaired) electrons. The van der Waals surface area contributed by atoms with Gasteiger partial charge in [0.1, 0.15) is 0 Å². The summed E-state index contributed by atoms with van der Waals surface area (Å²) in [7, 11) is -3.65. The second-order valence-corrected chi connectivity index (χ2v) is 10.1. The van der Waals surface area contributed by atoms with E-state index in [2.05, 4.69) is 14.9 Å². The van der Waals surface area contributed by atoms with E-state index < -0.39 is 10.0 Å². The summed E-state index contributed by atoms with van der Waals surface area (Å²) in [6.07, 6.45) is 4.46. The number of carbonyl (C=O) groups excluding carboxylic acids is 1. The first-order valence-corrected chi connectivity index (χ1v) is 12.9. The van der Waals surface area contributed by atoms with Crippen molar-refractivity contribution in [2.24, 2.45) is 0 Å². The number of likely N-dealkylation sites (tertiary alicyclic amines) is 1. The van der Waals surface area contributed by atoms with Gasteiger partial charge in [0.25, 0.3) is 15.2 Å². The number of carbonyl (C=O) groups is 1. The molecule has 2 aromatic carbocycles. The quantitative estimate of drug-likeness (QED) is 0.518. The van der Waals surface area contributed by atoms with Gasteiger partial charge in [-0.25, -0.2) is 8.42 Å². The molecule has 0 aliphatic carbocycles. The fraction of sp³-hybridized carbons (Fsp3) is 0.318. The minimum atomic E-state index is -3.65. The van der Waals surface area contributed by atoms with E-state index in [1.807, 2.05) is 4.90 Å². The molecule has 0 unspecified atom stereocenters. The molecule has 1 fully saturated rings. The van der Waals surface area contributed by atoms with E-state index in [1.165, 1.54) is 36.7 Å². The van der Waals surface area contributed by atoms with Crippen LogP contribution in [-0.4, -0.2) is 48.3 Å². The molecule has 0 bridgehead atoms. The summed E-state index contributed by atoms with van der Waals surface area (Å²) in [5.74, 6) is 0.667. The lowest BCUT2D eigenvalue weighted by Gasteiger charge is -2.19. The Balaban J connectivity index is 1.35. The summed E-state index contributed by atoms with van der Waals surface area (Å²) in [6, 6.07) is 14.8. The van der Waals surface area contributed by atoms with Crippen molar-refractivity contribution < 1.29 is 17.6 Å². The number of thioether (sulfide) groups is 1. The molecule has 4 rings (SSSR count). The largest absolute Gasteiger partial charge is 0.411 e. The van der Waals surface area contributed by atoms with Gasteiger partial charge in [0, 0.05) is 24.3 Å². The van der Waals surface area contributed by atoms with Crippen LogP contribution in [0.1, 0.15) is 25.7 Å². The number of hydrogen-bond donors (Lipinski definition) is 1. The number of hydrogen-bond acceptors (Lipinski definition) is 7. The number of rotatable bonds is 7. The third-order valence-corrected chi connectivity index (χ3v) is 7.32. The number of sulfonamides is 1. The van der Waals surface area contributed by atoms with Crippen LogP contribution >= 0.6 is 11.8 Å². The number of benzene rings is 2. The normalized spacial score (nSPS) is 14.7. The number of amides is 1. The predicted molar refractivity (Wildman–Crippen MR) is 123 cm³/mol. The molecule has 32 heavy (non-hydrogen) atoms. The van der Waals surface area contributed by atoms with Crippen LogP contribution in [-0.2, 0) is 14.8 Å². The van der Waals surface area contributed by atoms with Crippen molar-refractivity contribution in [3.63, 3.8) is 0 Å². The Hall–Kier alpha value is -2.85. The summed E-state index contributed by atoms with van der Waals surface area (Å²) >= 11 is 1.23. The maximum absolute atomic E-state index is 12.4. The molecular weight excluding hydrogens is 448 g/mol. The van der Waals surface area contributed by atoms with Crippen molar-refractivity contribution in [1.82, 2.24) is 15.1 Å². The predicted octanol–water partition coefficient (Wildman–Crippen LogP) is 4.03. The first kappa shape index (κ1) is 22.3. The van der Waals surface area contributed by atoms with Gasteiger partial charge in [0.15, 0.2) is 0 Å². The first-order chi connectivity index (χ1) is 15.5. The Labute approximate surface area is 191 Å². The highest BCUT2D eigenvalue weighted by molar-refractivity contribution is 7.99. The minimum Gasteiger partial charge on any atom is -0.411 e. The van der Waals surface area contributed by atoms with Crippen LogP contribution in [0.2, 0.25) is 0 Å². The van der Waals surface area contributed by atoms with Crippen LogP contribution < -0.4 is 4.72 Å². The summed E-state index contributed by atoms with van der Waals surface area (Å²) in [5.41, 5.74) is 1.08. The van der Waals surface area contributed by atoms with Gasteiger partial charge in [-0.1, -0.05) is 42.8 Å². The van der Waals surface area contributed by atoms with Crippen LogP contribution in [0.5, 0.6) is 0 Å². The van der Waals surface area contributed by atoms with Gasteiger partial charge < -0.3 is 9.32 Å². The second kappa shape index (κ2) is 10.2. The highest BCUT2D eigenvalue weighted by Crippen LogP contribution is 2.25. The molecule has 1 saturated heterocycles. The lowest BCUT2D eigenvalue weighted by molar-refractivity contribution is -0.128. The van der Waals surface area contributed by atoms with E-state index in [1.54, 1.807) is 42.5 Å². The van der Waals surface area contributed by atoms with Gasteiger partial charge in [0.2, 0.25) is 11.8 Å². The smallest absolute Gasteiger partial charge is 0.277 e. The first-order valence-electron chi connectivity index (χ1n) is 10.4. The molecule has 1 aliphatic rings. The maximum Gasteiger partial charge on any atom is 0.277 e. The van der Waals surface area contributed by atoms with E-state index in [4.69, 9.17) is 4.42 Å². The average Bonchev–Trinajstić information content (AvgIpc) is 3.11. The summed E-state index contributed by atoms with van der Waals surface area (Å²) < 4.78 is 33.1. The zero-order chi connectivity index (χ0) is 22.4. The fourth-order valence-electron chi connectivity index (χ4n) is 3.41. The van der Waals surface area contributed by atoms with Crippen molar-refractivity contribution in [2.45, 2.75) is 35.8 Å². The van der Waals surface area contributed by atoms with Crippen LogP contribution in [0.4, 0.5) is 5.69 Å². The number of nitrogens with one attached hydrogen (secondary N) is 1. The van der Waals surface area contributed by atoms with Crippen molar-refractivity contribution in [2.75, 3.05) is 23.6 Å². The topological polar surface area (TPSA) is 105 Å². The molecule has 3 aromatic rings. The van der Waals surface area contributed by atoms with Gasteiger partial charge in [-0.15, -0.1) is 10.2 Å². The van der Waals surface area contributed by atoms with E-state index in [0.29, 0.717) is 22.4 Å². The van der Waals surface area contributed by atoms with Crippen molar-refractivity contribution in [3.05, 3.63) is 54.6 Å². The molecule has 1 amide bonds. The van der Waals surface area contributed by atoms with E-state index in [0.717, 1.165) is 25.9 Å². The van der Waals surface area contributed by atoms with Crippen molar-refractivity contribution >= 4 is 33.4 Å². The van der Waals surface area contributed by atoms with Gasteiger partial charge in [-0.3, -0.25) is 9.52 Å². The Morgan fingerprint density at radius 3 is 2.34 bits per heavy atom. The zero-order valence-electron chi connectivity index (χ0n) is 17.4. The van der Waals surface area contributed by atoms with Crippen molar-refractivity contribution in [3.8, 4) is 11.5 Å². The molecule has 0 atom stereocenters. The van der Waals surface area contributed by atoms with Gasteiger partial charge in [0.05, 0.1) is 10.6 Å². The fourth-order valence-corrected chi connectivity index (χ4v) is 5.16. The van der Waals surface area contributed by atoms with E-state index in [9.17, 15) is 13.2 Å². The minimum absolute atomic E-state index is 0.0895. The molecule has 0 saturated carbocycles. The molecule has 0 spiro atoms. The van der Waals surface area contributed by atoms with Crippen LogP contribution in [0, 0.1) is 0 Å². The van der Waals surface area contributed by atoms with Gasteiger partial charge in [-0.2, -0.15) is 0 Å².